The average Bonchev–Trinajstić information content (AvgIpc) is 2.28. The number of halogens is 1. The molecule has 0 aliphatic rings. The molecule has 3 heteroatoms. The van der Waals surface area contributed by atoms with E-state index in [4.69, 9.17) is 11.6 Å². The Labute approximate surface area is 106 Å². The number of thioether (sulfide) groups is 1. The van der Waals surface area contributed by atoms with Crippen molar-refractivity contribution in [1.29, 1.82) is 0 Å². The molecule has 0 bridgehead atoms. The molecule has 1 nitrogen and oxygen atoms in total. The van der Waals surface area contributed by atoms with Gasteiger partial charge in [0.15, 0.2) is 0 Å². The van der Waals surface area contributed by atoms with Crippen LogP contribution in [0.5, 0.6) is 0 Å². The van der Waals surface area contributed by atoms with Crippen LogP contribution in [0.25, 0.3) is 0 Å². The van der Waals surface area contributed by atoms with E-state index in [-0.39, 0.29) is 5.78 Å². The van der Waals surface area contributed by atoms with Crippen molar-refractivity contribution in [2.75, 3.05) is 5.75 Å². The van der Waals surface area contributed by atoms with Gasteiger partial charge < -0.3 is 0 Å². The number of hydrogen-bond donors (Lipinski definition) is 0. The first-order chi connectivity index (χ1) is 7.74. The summed E-state index contributed by atoms with van der Waals surface area (Å²) in [7, 11) is 0. The number of benzene rings is 1. The molecular formula is C13H15ClOS. The fraction of sp³-hybridized carbons (Fsp3) is 0.308. The maximum absolute atomic E-state index is 11.5. The number of hydrogen-bond acceptors (Lipinski definition) is 2. The minimum Gasteiger partial charge on any atom is -0.299 e. The Morgan fingerprint density at radius 2 is 2.19 bits per heavy atom. The lowest BCUT2D eigenvalue weighted by Gasteiger charge is -2.02. The average molecular weight is 255 g/mol. The Morgan fingerprint density at radius 1 is 1.44 bits per heavy atom. The molecule has 1 aromatic carbocycles. The first kappa shape index (κ1) is 13.3. The van der Waals surface area contributed by atoms with Crippen LogP contribution in [-0.4, -0.2) is 11.5 Å². The minimum atomic E-state index is 0.270. The van der Waals surface area contributed by atoms with Crippen molar-refractivity contribution in [3.05, 3.63) is 41.9 Å². The Balaban J connectivity index is 2.31. The van der Waals surface area contributed by atoms with Gasteiger partial charge in [0.25, 0.3) is 0 Å². The monoisotopic (exact) mass is 254 g/mol. The number of carbonyl (C=O) groups excluding carboxylic acids is 1. The van der Waals surface area contributed by atoms with Crippen molar-refractivity contribution >= 4 is 29.1 Å². The van der Waals surface area contributed by atoms with Crippen LogP contribution in [0.15, 0.2) is 41.8 Å². The van der Waals surface area contributed by atoms with Gasteiger partial charge in [-0.15, -0.1) is 18.3 Å². The van der Waals surface area contributed by atoms with E-state index >= 15 is 0 Å². The summed E-state index contributed by atoms with van der Waals surface area (Å²) in [5.41, 5.74) is 0. The molecule has 1 rings (SSSR count). The van der Waals surface area contributed by atoms with E-state index in [1.54, 1.807) is 0 Å². The first-order valence-electron chi connectivity index (χ1n) is 5.24. The molecule has 0 fully saturated rings. The van der Waals surface area contributed by atoms with Crippen LogP contribution in [0.3, 0.4) is 0 Å². The highest BCUT2D eigenvalue weighted by atomic mass is 35.5. The second-order valence-corrected chi connectivity index (χ2v) is 4.86. The van der Waals surface area contributed by atoms with Crippen LogP contribution in [-0.2, 0) is 4.79 Å². The maximum atomic E-state index is 11.5. The smallest absolute Gasteiger partial charge is 0.143 e. The number of rotatable bonds is 7. The summed E-state index contributed by atoms with van der Waals surface area (Å²) in [5, 5.41) is 0.714. The fourth-order valence-electron chi connectivity index (χ4n) is 1.24. The minimum absolute atomic E-state index is 0.270. The van der Waals surface area contributed by atoms with Gasteiger partial charge in [0, 0.05) is 11.3 Å². The van der Waals surface area contributed by atoms with Crippen LogP contribution in [0.1, 0.15) is 19.3 Å². The normalized spacial score (nSPS) is 10.1. The zero-order valence-electron chi connectivity index (χ0n) is 9.12. The van der Waals surface area contributed by atoms with E-state index in [1.807, 2.05) is 30.3 Å². The summed E-state index contributed by atoms with van der Waals surface area (Å²) in [6.07, 6.45) is 4.27. The fourth-order valence-corrected chi connectivity index (χ4v) is 2.38. The van der Waals surface area contributed by atoms with Gasteiger partial charge in [-0.1, -0.05) is 29.8 Å². The van der Waals surface area contributed by atoms with Crippen molar-refractivity contribution in [3.63, 3.8) is 0 Å². The van der Waals surface area contributed by atoms with Crippen molar-refractivity contribution in [3.8, 4) is 0 Å². The standard InChI is InChI=1S/C13H15ClOS/c1-2-3-4-7-11(15)10-16-13-9-6-5-8-12(13)14/h2,5-6,8-9H,1,3-4,7,10H2. The molecule has 0 saturated carbocycles. The van der Waals surface area contributed by atoms with Gasteiger partial charge >= 0.3 is 0 Å². The van der Waals surface area contributed by atoms with E-state index in [1.165, 1.54) is 11.8 Å². The zero-order valence-corrected chi connectivity index (χ0v) is 10.7. The predicted octanol–water partition coefficient (Wildman–Crippen LogP) is 4.36. The van der Waals surface area contributed by atoms with Gasteiger partial charge in [-0.2, -0.15) is 0 Å². The molecule has 0 aliphatic carbocycles. The molecule has 1 aromatic rings. The van der Waals surface area contributed by atoms with Crippen molar-refractivity contribution in [1.82, 2.24) is 0 Å². The van der Waals surface area contributed by atoms with Crippen LogP contribution < -0.4 is 0 Å². The highest BCUT2D eigenvalue weighted by Crippen LogP contribution is 2.26. The van der Waals surface area contributed by atoms with Crippen molar-refractivity contribution < 1.29 is 4.79 Å². The second kappa shape index (κ2) is 7.53. The number of allylic oxidation sites excluding steroid dienone is 1. The lowest BCUT2D eigenvalue weighted by molar-refractivity contribution is -0.116. The van der Waals surface area contributed by atoms with Crippen LogP contribution >= 0.6 is 23.4 Å². The number of ketones is 1. The Bertz CT molecular complexity index is 363. The molecule has 0 aliphatic heterocycles. The third-order valence-electron chi connectivity index (χ3n) is 2.09. The zero-order chi connectivity index (χ0) is 11.8. The van der Waals surface area contributed by atoms with E-state index in [0.717, 1.165) is 17.7 Å². The summed E-state index contributed by atoms with van der Waals surface area (Å²) in [4.78, 5) is 12.5. The van der Waals surface area contributed by atoms with E-state index in [2.05, 4.69) is 6.58 Å². The Hall–Kier alpha value is -0.730. The molecule has 0 saturated heterocycles. The third-order valence-corrected chi connectivity index (χ3v) is 3.66. The molecule has 0 radical (unpaired) electrons. The lowest BCUT2D eigenvalue weighted by atomic mass is 10.2. The van der Waals surface area contributed by atoms with Crippen molar-refractivity contribution in [2.45, 2.75) is 24.2 Å². The molecular weight excluding hydrogens is 240 g/mol. The molecule has 0 amide bonds. The van der Waals surface area contributed by atoms with Gasteiger partial charge in [0.2, 0.25) is 0 Å². The van der Waals surface area contributed by atoms with Gasteiger partial charge in [-0.05, 0) is 25.0 Å². The number of carbonyl (C=O) groups is 1. The molecule has 0 heterocycles. The van der Waals surface area contributed by atoms with Gasteiger partial charge in [-0.25, -0.2) is 0 Å². The molecule has 0 unspecified atom stereocenters. The first-order valence-corrected chi connectivity index (χ1v) is 6.60. The molecule has 0 spiro atoms. The highest BCUT2D eigenvalue weighted by molar-refractivity contribution is 8.00. The number of unbranched alkanes of at least 4 members (excludes halogenated alkanes) is 1. The molecule has 86 valence electrons. The van der Waals surface area contributed by atoms with Crippen molar-refractivity contribution in [2.24, 2.45) is 0 Å². The molecule has 0 atom stereocenters. The van der Waals surface area contributed by atoms with Crippen LogP contribution in [0.4, 0.5) is 0 Å². The largest absolute Gasteiger partial charge is 0.299 e. The Kier molecular flexibility index (Phi) is 6.27. The van der Waals surface area contributed by atoms with E-state index in [0.29, 0.717) is 17.2 Å². The summed E-state index contributed by atoms with van der Waals surface area (Å²) in [5.74, 6) is 0.771. The maximum Gasteiger partial charge on any atom is 0.143 e. The second-order valence-electron chi connectivity index (χ2n) is 3.44. The lowest BCUT2D eigenvalue weighted by Crippen LogP contribution is -2.00. The van der Waals surface area contributed by atoms with E-state index < -0.39 is 0 Å². The summed E-state index contributed by atoms with van der Waals surface area (Å²) >= 11 is 7.49. The Morgan fingerprint density at radius 3 is 2.88 bits per heavy atom. The molecule has 0 N–H and O–H groups in total. The van der Waals surface area contributed by atoms with Gasteiger partial charge in [0.1, 0.15) is 5.78 Å². The van der Waals surface area contributed by atoms with Crippen LogP contribution in [0.2, 0.25) is 5.02 Å². The van der Waals surface area contributed by atoms with Crippen LogP contribution in [0, 0.1) is 0 Å². The topological polar surface area (TPSA) is 17.1 Å². The summed E-state index contributed by atoms with van der Waals surface area (Å²) in [6.45, 7) is 3.63. The summed E-state index contributed by atoms with van der Waals surface area (Å²) in [6, 6.07) is 7.59. The van der Waals surface area contributed by atoms with Gasteiger partial charge in [0.05, 0.1) is 10.8 Å². The molecule has 16 heavy (non-hydrogen) atoms. The molecule has 0 aromatic heterocycles. The third kappa shape index (κ3) is 4.86. The SMILES string of the molecule is C=CCCCC(=O)CSc1ccccc1Cl. The quantitative estimate of drug-likeness (QED) is 0.409. The number of Topliss-reactive ketones (excluding diaryl/α,β-unsaturated/α-hetero) is 1. The van der Waals surface area contributed by atoms with E-state index in [9.17, 15) is 4.79 Å². The summed E-state index contributed by atoms with van der Waals surface area (Å²) < 4.78 is 0. The van der Waals surface area contributed by atoms with Gasteiger partial charge in [-0.3, -0.25) is 4.79 Å². The predicted molar refractivity (Wildman–Crippen MR) is 71.2 cm³/mol. The highest BCUT2D eigenvalue weighted by Gasteiger charge is 2.04.